The van der Waals surface area contributed by atoms with Gasteiger partial charge < -0.3 is 14.0 Å². The van der Waals surface area contributed by atoms with E-state index in [1.165, 1.54) is 18.4 Å². The lowest BCUT2D eigenvalue weighted by Crippen LogP contribution is -2.41. The van der Waals surface area contributed by atoms with Crippen molar-refractivity contribution in [3.63, 3.8) is 0 Å². The fourth-order valence-electron chi connectivity index (χ4n) is 2.47. The second-order valence-corrected chi connectivity index (χ2v) is 7.42. The summed E-state index contributed by atoms with van der Waals surface area (Å²) in [4.78, 5) is 0. The minimum Gasteiger partial charge on any atom is -0.493 e. The summed E-state index contributed by atoms with van der Waals surface area (Å²) in [5.41, 5.74) is 1.60. The van der Waals surface area contributed by atoms with E-state index in [1.807, 2.05) is 0 Å². The smallest absolute Gasteiger partial charge is 0.493 e. The molecule has 1 aromatic rings. The first-order valence-electron chi connectivity index (χ1n) is 7.87. The molecule has 1 aliphatic heterocycles. The predicted octanol–water partition coefficient (Wildman–Crippen LogP) is 3.08. The number of benzene rings is 1. The van der Waals surface area contributed by atoms with E-state index in [4.69, 9.17) is 14.0 Å². The molecule has 1 aliphatic carbocycles. The van der Waals surface area contributed by atoms with Gasteiger partial charge in [0.05, 0.1) is 17.8 Å². The fraction of sp³-hybridized carbons (Fsp3) is 0.647. The van der Waals surface area contributed by atoms with Gasteiger partial charge in [-0.2, -0.15) is 0 Å². The maximum Gasteiger partial charge on any atom is 0.494 e. The summed E-state index contributed by atoms with van der Waals surface area (Å²) in [5, 5.41) is 0. The zero-order valence-corrected chi connectivity index (χ0v) is 13.7. The van der Waals surface area contributed by atoms with Gasteiger partial charge in [0.1, 0.15) is 5.75 Å². The van der Waals surface area contributed by atoms with Crippen molar-refractivity contribution < 1.29 is 14.0 Å². The number of hydrogen-bond acceptors (Lipinski definition) is 3. The van der Waals surface area contributed by atoms with E-state index in [0.29, 0.717) is 0 Å². The topological polar surface area (TPSA) is 27.7 Å². The molecule has 1 aromatic carbocycles. The van der Waals surface area contributed by atoms with Crippen LogP contribution in [0.25, 0.3) is 0 Å². The van der Waals surface area contributed by atoms with Crippen LogP contribution < -0.4 is 10.2 Å². The lowest BCUT2D eigenvalue weighted by molar-refractivity contribution is 0.00578. The normalized spacial score (nSPS) is 23.4. The van der Waals surface area contributed by atoms with Crippen molar-refractivity contribution in [2.24, 2.45) is 5.92 Å². The van der Waals surface area contributed by atoms with Gasteiger partial charge in [-0.3, -0.25) is 0 Å². The van der Waals surface area contributed by atoms with Gasteiger partial charge in [0.2, 0.25) is 0 Å². The molecular weight excluding hydrogens is 263 g/mol. The van der Waals surface area contributed by atoms with Crippen LogP contribution in [0.15, 0.2) is 18.2 Å². The Morgan fingerprint density at radius 3 is 2.29 bits per heavy atom. The Kier molecular flexibility index (Phi) is 3.57. The first kappa shape index (κ1) is 14.9. The molecule has 3 rings (SSSR count). The molecule has 0 unspecified atom stereocenters. The van der Waals surface area contributed by atoms with Crippen LogP contribution in [-0.2, 0) is 9.31 Å². The number of hydrogen-bond donors (Lipinski definition) is 0. The van der Waals surface area contributed by atoms with Crippen LogP contribution in [0.3, 0.4) is 0 Å². The van der Waals surface area contributed by atoms with Crippen molar-refractivity contribution in [3.05, 3.63) is 23.8 Å². The highest BCUT2D eigenvalue weighted by molar-refractivity contribution is 6.62. The Bertz CT molecular complexity index is 519. The Balaban J connectivity index is 1.78. The molecule has 0 atom stereocenters. The van der Waals surface area contributed by atoms with Crippen molar-refractivity contribution in [1.82, 2.24) is 0 Å². The van der Waals surface area contributed by atoms with Crippen molar-refractivity contribution in [3.8, 4) is 5.75 Å². The van der Waals surface area contributed by atoms with E-state index in [-0.39, 0.29) is 18.3 Å². The largest absolute Gasteiger partial charge is 0.494 e. The molecule has 0 N–H and O–H groups in total. The second-order valence-electron chi connectivity index (χ2n) is 7.42. The van der Waals surface area contributed by atoms with Crippen LogP contribution in [0.2, 0.25) is 0 Å². The van der Waals surface area contributed by atoms with Crippen molar-refractivity contribution in [1.29, 1.82) is 0 Å². The van der Waals surface area contributed by atoms with E-state index < -0.39 is 0 Å². The molecular formula is C17H25BO3. The zero-order chi connectivity index (χ0) is 15.3. The minimum absolute atomic E-state index is 0.309. The maximum absolute atomic E-state index is 6.12. The minimum atomic E-state index is -0.321. The summed E-state index contributed by atoms with van der Waals surface area (Å²) >= 11 is 0. The zero-order valence-electron chi connectivity index (χ0n) is 13.7. The van der Waals surface area contributed by atoms with Crippen molar-refractivity contribution in [2.45, 2.75) is 58.7 Å². The predicted molar refractivity (Wildman–Crippen MR) is 85.1 cm³/mol. The molecule has 0 bridgehead atoms. The summed E-state index contributed by atoms with van der Waals surface area (Å²) < 4.78 is 18.1. The van der Waals surface area contributed by atoms with Crippen LogP contribution in [0, 0.1) is 12.8 Å². The van der Waals surface area contributed by atoms with Crippen molar-refractivity contribution >= 4 is 12.6 Å². The molecule has 0 amide bonds. The molecule has 0 aromatic heterocycles. The molecule has 114 valence electrons. The highest BCUT2D eigenvalue weighted by Gasteiger charge is 2.51. The highest BCUT2D eigenvalue weighted by Crippen LogP contribution is 2.36. The molecule has 21 heavy (non-hydrogen) atoms. The number of ether oxygens (including phenoxy) is 1. The molecule has 1 saturated carbocycles. The Morgan fingerprint density at radius 1 is 1.10 bits per heavy atom. The molecule has 1 saturated heterocycles. The first-order valence-corrected chi connectivity index (χ1v) is 7.87. The molecule has 0 spiro atoms. The quantitative estimate of drug-likeness (QED) is 0.797. The van der Waals surface area contributed by atoms with E-state index in [1.54, 1.807) is 0 Å². The lowest BCUT2D eigenvalue weighted by atomic mass is 9.78. The molecule has 3 nitrogen and oxygen atoms in total. The van der Waals surface area contributed by atoms with Gasteiger partial charge in [-0.05, 0) is 76.5 Å². The SMILES string of the molecule is Cc1cc(OCC2CC2)cc(B2OC(C)(C)C(C)(C)O2)c1. The van der Waals surface area contributed by atoms with Crippen LogP contribution in [-0.4, -0.2) is 24.9 Å². The maximum atomic E-state index is 6.12. The van der Waals surface area contributed by atoms with E-state index in [9.17, 15) is 0 Å². The summed E-state index contributed by atoms with van der Waals surface area (Å²) in [6, 6.07) is 6.25. The van der Waals surface area contributed by atoms with Gasteiger partial charge in [0.15, 0.2) is 0 Å². The Labute approximate surface area is 128 Å². The lowest BCUT2D eigenvalue weighted by Gasteiger charge is -2.32. The van der Waals surface area contributed by atoms with E-state index in [0.717, 1.165) is 23.7 Å². The highest BCUT2D eigenvalue weighted by atomic mass is 16.7. The Hall–Kier alpha value is -0.995. The third-order valence-electron chi connectivity index (χ3n) is 4.78. The van der Waals surface area contributed by atoms with Crippen LogP contribution in [0.4, 0.5) is 0 Å². The average molecular weight is 288 g/mol. The van der Waals surface area contributed by atoms with Crippen LogP contribution >= 0.6 is 0 Å². The van der Waals surface area contributed by atoms with Gasteiger partial charge in [-0.25, -0.2) is 0 Å². The average Bonchev–Trinajstić information content (AvgIpc) is 3.14. The summed E-state index contributed by atoms with van der Waals surface area (Å²) in [5.74, 6) is 1.68. The standard InChI is InChI=1S/C17H25BO3/c1-12-8-14(10-15(9-12)19-11-13-6-7-13)18-20-16(2,3)17(4,5)21-18/h8-10,13H,6-7,11H2,1-5H3. The summed E-state index contributed by atoms with van der Waals surface area (Å²) in [6.45, 7) is 11.2. The number of aryl methyl sites for hydroxylation is 1. The van der Waals surface area contributed by atoms with Crippen LogP contribution in [0.5, 0.6) is 5.75 Å². The fourth-order valence-corrected chi connectivity index (χ4v) is 2.47. The van der Waals surface area contributed by atoms with Gasteiger partial charge in [-0.15, -0.1) is 0 Å². The van der Waals surface area contributed by atoms with E-state index in [2.05, 4.69) is 52.8 Å². The molecule has 1 heterocycles. The molecule has 2 fully saturated rings. The van der Waals surface area contributed by atoms with E-state index >= 15 is 0 Å². The van der Waals surface area contributed by atoms with Gasteiger partial charge in [-0.1, -0.05) is 6.07 Å². The van der Waals surface area contributed by atoms with Gasteiger partial charge in [0.25, 0.3) is 0 Å². The molecule has 0 radical (unpaired) electrons. The summed E-state index contributed by atoms with van der Waals surface area (Å²) in [6.07, 6.45) is 2.60. The van der Waals surface area contributed by atoms with Crippen LogP contribution in [0.1, 0.15) is 46.1 Å². The number of rotatable bonds is 4. The second kappa shape index (κ2) is 5.03. The van der Waals surface area contributed by atoms with Gasteiger partial charge in [0, 0.05) is 0 Å². The van der Waals surface area contributed by atoms with Crippen molar-refractivity contribution in [2.75, 3.05) is 6.61 Å². The third-order valence-corrected chi connectivity index (χ3v) is 4.78. The molecule has 2 aliphatic rings. The monoisotopic (exact) mass is 288 g/mol. The Morgan fingerprint density at radius 2 is 1.71 bits per heavy atom. The van der Waals surface area contributed by atoms with Gasteiger partial charge >= 0.3 is 7.12 Å². The molecule has 4 heteroatoms. The first-order chi connectivity index (χ1) is 9.77. The summed E-state index contributed by atoms with van der Waals surface area (Å²) in [7, 11) is -0.321. The third kappa shape index (κ3) is 3.11.